The van der Waals surface area contributed by atoms with E-state index in [-0.39, 0.29) is 6.04 Å². The van der Waals surface area contributed by atoms with E-state index in [9.17, 15) is 4.79 Å². The van der Waals surface area contributed by atoms with E-state index in [1.54, 1.807) is 0 Å². The maximum atomic E-state index is 10.3. The number of carbonyl (C=O) groups is 1. The molecule has 1 rings (SSSR count). The van der Waals surface area contributed by atoms with Crippen LogP contribution in [0.25, 0.3) is 0 Å². The highest BCUT2D eigenvalue weighted by Gasteiger charge is 2.24. The fourth-order valence-electron chi connectivity index (χ4n) is 1.27. The highest BCUT2D eigenvalue weighted by molar-refractivity contribution is 5.67. The van der Waals surface area contributed by atoms with Gasteiger partial charge in [-0.25, -0.2) is 5.01 Å². The highest BCUT2D eigenvalue weighted by atomic mass is 16.1. The third-order valence-electron chi connectivity index (χ3n) is 1.91. The number of rotatable bonds is 2. The summed E-state index contributed by atoms with van der Waals surface area (Å²) >= 11 is 0. The summed E-state index contributed by atoms with van der Waals surface area (Å²) in [5, 5.41) is 5.42. The van der Waals surface area contributed by atoms with Gasteiger partial charge in [-0.1, -0.05) is 13.8 Å². The Morgan fingerprint density at radius 1 is 1.80 bits per heavy atom. The second kappa shape index (κ2) is 2.82. The zero-order valence-corrected chi connectivity index (χ0v) is 6.32. The molecule has 0 bridgehead atoms. The molecule has 0 aliphatic carbocycles. The van der Waals surface area contributed by atoms with Crippen LogP contribution in [0, 0.1) is 5.92 Å². The lowest BCUT2D eigenvalue weighted by atomic mass is 10.0. The molecule has 0 fully saturated rings. The standard InChI is InChI=1S/C7H12N2O/c1-3-7-6(2)4-8-9(7)5-10/h4-7H,3H2,1-2H3/t6-,7+/m1/s1. The molecule has 1 aliphatic rings. The van der Waals surface area contributed by atoms with Gasteiger partial charge >= 0.3 is 0 Å². The van der Waals surface area contributed by atoms with Crippen LogP contribution >= 0.6 is 0 Å². The molecule has 1 heterocycles. The van der Waals surface area contributed by atoms with E-state index in [1.807, 2.05) is 6.21 Å². The van der Waals surface area contributed by atoms with Crippen LogP contribution < -0.4 is 0 Å². The molecule has 10 heavy (non-hydrogen) atoms. The summed E-state index contributed by atoms with van der Waals surface area (Å²) in [6.45, 7) is 4.13. The van der Waals surface area contributed by atoms with Crippen molar-refractivity contribution in [2.75, 3.05) is 0 Å². The van der Waals surface area contributed by atoms with Crippen molar-refractivity contribution in [3.8, 4) is 0 Å². The lowest BCUT2D eigenvalue weighted by molar-refractivity contribution is -0.120. The van der Waals surface area contributed by atoms with Gasteiger partial charge in [-0.2, -0.15) is 5.10 Å². The van der Waals surface area contributed by atoms with E-state index in [0.717, 1.165) is 12.8 Å². The van der Waals surface area contributed by atoms with Crippen LogP contribution in [0.3, 0.4) is 0 Å². The van der Waals surface area contributed by atoms with Gasteiger partial charge in [0.05, 0.1) is 6.04 Å². The Labute approximate surface area is 60.7 Å². The van der Waals surface area contributed by atoms with Crippen molar-refractivity contribution in [1.29, 1.82) is 0 Å². The fourth-order valence-corrected chi connectivity index (χ4v) is 1.27. The molecule has 0 saturated heterocycles. The lowest BCUT2D eigenvalue weighted by Crippen LogP contribution is -2.29. The smallest absolute Gasteiger partial charge is 0.230 e. The van der Waals surface area contributed by atoms with E-state index in [2.05, 4.69) is 18.9 Å². The van der Waals surface area contributed by atoms with Gasteiger partial charge in [-0.3, -0.25) is 4.79 Å². The van der Waals surface area contributed by atoms with E-state index in [0.29, 0.717) is 5.92 Å². The monoisotopic (exact) mass is 140 g/mol. The largest absolute Gasteiger partial charge is 0.277 e. The normalized spacial score (nSPS) is 31.2. The lowest BCUT2D eigenvalue weighted by Gasteiger charge is -2.18. The predicted octanol–water partition coefficient (Wildman–Crippen LogP) is 0.859. The molecule has 0 spiro atoms. The molecule has 0 aromatic heterocycles. The van der Waals surface area contributed by atoms with Crippen LogP contribution in [0.4, 0.5) is 0 Å². The first kappa shape index (κ1) is 7.25. The minimum atomic E-state index is 0.289. The van der Waals surface area contributed by atoms with E-state index in [1.165, 1.54) is 5.01 Å². The Balaban J connectivity index is 2.61. The molecule has 1 aliphatic heterocycles. The molecule has 3 heteroatoms. The number of hydrazone groups is 1. The van der Waals surface area contributed by atoms with E-state index in [4.69, 9.17) is 0 Å². The van der Waals surface area contributed by atoms with Gasteiger partial charge in [0.2, 0.25) is 6.41 Å². The van der Waals surface area contributed by atoms with Gasteiger partial charge in [-0.15, -0.1) is 0 Å². The number of amides is 1. The molecule has 0 saturated carbocycles. The summed E-state index contributed by atoms with van der Waals surface area (Å²) in [4.78, 5) is 10.3. The van der Waals surface area contributed by atoms with E-state index >= 15 is 0 Å². The van der Waals surface area contributed by atoms with Crippen LogP contribution in [0.2, 0.25) is 0 Å². The summed E-state index contributed by atoms with van der Waals surface area (Å²) in [6.07, 6.45) is 3.58. The zero-order chi connectivity index (χ0) is 7.56. The average Bonchev–Trinajstić information content (AvgIpc) is 2.30. The summed E-state index contributed by atoms with van der Waals surface area (Å²) in [7, 11) is 0. The Kier molecular flexibility index (Phi) is 2.04. The number of hydrogen-bond acceptors (Lipinski definition) is 2. The molecule has 3 nitrogen and oxygen atoms in total. The quantitative estimate of drug-likeness (QED) is 0.523. The van der Waals surface area contributed by atoms with Crippen molar-refractivity contribution >= 4 is 12.6 Å². The summed E-state index contributed by atoms with van der Waals surface area (Å²) in [5.74, 6) is 0.412. The molecule has 0 radical (unpaired) electrons. The number of carbonyl (C=O) groups excluding carboxylic acids is 1. The van der Waals surface area contributed by atoms with Crippen molar-refractivity contribution in [3.63, 3.8) is 0 Å². The Morgan fingerprint density at radius 2 is 2.50 bits per heavy atom. The minimum Gasteiger partial charge on any atom is -0.277 e. The van der Waals surface area contributed by atoms with Crippen molar-refractivity contribution in [2.24, 2.45) is 11.0 Å². The topological polar surface area (TPSA) is 32.7 Å². The summed E-state index contributed by atoms with van der Waals surface area (Å²) < 4.78 is 0. The second-order valence-electron chi connectivity index (χ2n) is 2.58. The average molecular weight is 140 g/mol. The first-order valence-electron chi connectivity index (χ1n) is 3.57. The minimum absolute atomic E-state index is 0.289. The summed E-state index contributed by atoms with van der Waals surface area (Å²) in [6, 6.07) is 0.289. The van der Waals surface area contributed by atoms with Gasteiger partial charge in [-0.05, 0) is 6.42 Å². The molecular formula is C7H12N2O. The highest BCUT2D eigenvalue weighted by Crippen LogP contribution is 2.17. The fraction of sp³-hybridized carbons (Fsp3) is 0.714. The Hall–Kier alpha value is -0.860. The van der Waals surface area contributed by atoms with Crippen LogP contribution in [-0.4, -0.2) is 23.7 Å². The van der Waals surface area contributed by atoms with Gasteiger partial charge in [0.15, 0.2) is 0 Å². The SMILES string of the molecule is CC[C@H]1[C@H](C)C=NN1C=O. The van der Waals surface area contributed by atoms with Crippen molar-refractivity contribution in [3.05, 3.63) is 0 Å². The molecule has 0 aromatic rings. The van der Waals surface area contributed by atoms with Crippen molar-refractivity contribution < 1.29 is 4.79 Å². The molecular weight excluding hydrogens is 128 g/mol. The first-order chi connectivity index (χ1) is 4.79. The maximum absolute atomic E-state index is 10.3. The Morgan fingerprint density at radius 3 is 2.90 bits per heavy atom. The van der Waals surface area contributed by atoms with Gasteiger partial charge < -0.3 is 0 Å². The maximum Gasteiger partial charge on any atom is 0.230 e. The molecule has 0 N–H and O–H groups in total. The van der Waals surface area contributed by atoms with Crippen molar-refractivity contribution in [1.82, 2.24) is 5.01 Å². The molecule has 1 amide bonds. The number of hydrogen-bond donors (Lipinski definition) is 0. The molecule has 0 unspecified atom stereocenters. The first-order valence-corrected chi connectivity index (χ1v) is 3.57. The number of nitrogens with zero attached hydrogens (tertiary/aromatic N) is 2. The molecule has 56 valence electrons. The third-order valence-corrected chi connectivity index (χ3v) is 1.91. The van der Waals surface area contributed by atoms with Crippen LogP contribution in [0.15, 0.2) is 5.10 Å². The van der Waals surface area contributed by atoms with Crippen LogP contribution in [0.1, 0.15) is 20.3 Å². The van der Waals surface area contributed by atoms with Gasteiger partial charge in [0, 0.05) is 12.1 Å². The predicted molar refractivity (Wildman–Crippen MR) is 39.6 cm³/mol. The van der Waals surface area contributed by atoms with E-state index < -0.39 is 0 Å². The summed E-state index contributed by atoms with van der Waals surface area (Å²) in [5.41, 5.74) is 0. The molecule has 0 aromatic carbocycles. The van der Waals surface area contributed by atoms with Crippen molar-refractivity contribution in [2.45, 2.75) is 26.3 Å². The molecule has 2 atom stereocenters. The zero-order valence-electron chi connectivity index (χ0n) is 6.32. The Bertz CT molecular complexity index is 156. The van der Waals surface area contributed by atoms with Crippen LogP contribution in [0.5, 0.6) is 0 Å². The second-order valence-corrected chi connectivity index (χ2v) is 2.58. The van der Waals surface area contributed by atoms with Gasteiger partial charge in [0.25, 0.3) is 0 Å². The third kappa shape index (κ3) is 1.03. The van der Waals surface area contributed by atoms with Gasteiger partial charge in [0.1, 0.15) is 0 Å². The van der Waals surface area contributed by atoms with Crippen LogP contribution in [-0.2, 0) is 4.79 Å².